The van der Waals surface area contributed by atoms with Gasteiger partial charge in [0.1, 0.15) is 11.6 Å². The van der Waals surface area contributed by atoms with Crippen LogP contribution in [0, 0.1) is 11.6 Å². The van der Waals surface area contributed by atoms with Crippen LogP contribution in [-0.4, -0.2) is 6.03 Å². The molecule has 2 amide bonds. The first-order chi connectivity index (χ1) is 9.56. The fraction of sp³-hybridized carbons (Fsp3) is 0.0714. The Bertz CT molecular complexity index is 597. The number of halogens is 3. The average Bonchev–Trinajstić information content (AvgIpc) is 2.41. The van der Waals surface area contributed by atoms with Gasteiger partial charge >= 0.3 is 6.03 Å². The lowest BCUT2D eigenvalue weighted by atomic mass is 10.2. The molecular weight excluding hydrogens is 330 g/mol. The van der Waals surface area contributed by atoms with Crippen LogP contribution in [0.5, 0.6) is 0 Å². The zero-order valence-electron chi connectivity index (χ0n) is 10.3. The molecule has 2 rings (SSSR count). The van der Waals surface area contributed by atoms with Crippen molar-refractivity contribution < 1.29 is 13.6 Å². The van der Waals surface area contributed by atoms with Crippen LogP contribution in [0.1, 0.15) is 5.56 Å². The van der Waals surface area contributed by atoms with Crippen LogP contribution in [0.3, 0.4) is 0 Å². The van der Waals surface area contributed by atoms with Gasteiger partial charge in [-0.1, -0.05) is 22.0 Å². The minimum atomic E-state index is -0.686. The van der Waals surface area contributed by atoms with E-state index < -0.39 is 17.7 Å². The van der Waals surface area contributed by atoms with Crippen molar-refractivity contribution in [1.82, 2.24) is 5.32 Å². The maximum atomic E-state index is 13.4. The second-order valence-corrected chi connectivity index (χ2v) is 4.93. The SMILES string of the molecule is O=C(NCc1c(F)cccc1F)Nc1ccc(Br)cc1. The number of hydrogen-bond donors (Lipinski definition) is 2. The van der Waals surface area contributed by atoms with E-state index in [2.05, 4.69) is 26.6 Å². The maximum Gasteiger partial charge on any atom is 0.319 e. The Morgan fingerprint density at radius 3 is 2.25 bits per heavy atom. The van der Waals surface area contributed by atoms with Gasteiger partial charge in [0.2, 0.25) is 0 Å². The number of anilines is 1. The van der Waals surface area contributed by atoms with Crippen LogP contribution < -0.4 is 10.6 Å². The molecule has 0 bridgehead atoms. The highest BCUT2D eigenvalue weighted by Crippen LogP contribution is 2.14. The molecule has 0 unspecified atom stereocenters. The second-order valence-electron chi connectivity index (χ2n) is 4.01. The Morgan fingerprint density at radius 2 is 1.65 bits per heavy atom. The predicted octanol–water partition coefficient (Wildman–Crippen LogP) is 4.05. The first kappa shape index (κ1) is 14.5. The van der Waals surface area contributed by atoms with Crippen molar-refractivity contribution in [3.05, 3.63) is 64.1 Å². The minimum absolute atomic E-state index is 0.168. The van der Waals surface area contributed by atoms with Crippen molar-refractivity contribution in [2.45, 2.75) is 6.54 Å². The van der Waals surface area contributed by atoms with Gasteiger partial charge in [-0.2, -0.15) is 0 Å². The summed E-state index contributed by atoms with van der Waals surface area (Å²) in [5.41, 5.74) is 0.415. The van der Waals surface area contributed by atoms with Crippen molar-refractivity contribution in [3.8, 4) is 0 Å². The summed E-state index contributed by atoms with van der Waals surface area (Å²) in [4.78, 5) is 11.6. The van der Waals surface area contributed by atoms with E-state index in [0.29, 0.717) is 5.69 Å². The van der Waals surface area contributed by atoms with E-state index in [1.165, 1.54) is 6.07 Å². The molecule has 0 saturated carbocycles. The molecule has 3 nitrogen and oxygen atoms in total. The van der Waals surface area contributed by atoms with Crippen molar-refractivity contribution >= 4 is 27.6 Å². The third kappa shape index (κ3) is 3.77. The normalized spacial score (nSPS) is 10.2. The topological polar surface area (TPSA) is 41.1 Å². The molecule has 0 aromatic heterocycles. The molecule has 0 fully saturated rings. The standard InChI is InChI=1S/C14H11BrF2N2O/c15-9-4-6-10(7-5-9)19-14(20)18-8-11-12(16)2-1-3-13(11)17/h1-7H,8H2,(H2,18,19,20). The van der Waals surface area contributed by atoms with Crippen molar-refractivity contribution in [2.75, 3.05) is 5.32 Å². The summed E-state index contributed by atoms with van der Waals surface area (Å²) in [7, 11) is 0. The van der Waals surface area contributed by atoms with Gasteiger partial charge in [-0.15, -0.1) is 0 Å². The molecule has 2 N–H and O–H groups in total. The van der Waals surface area contributed by atoms with Crippen molar-refractivity contribution in [2.24, 2.45) is 0 Å². The van der Waals surface area contributed by atoms with Crippen molar-refractivity contribution in [3.63, 3.8) is 0 Å². The summed E-state index contributed by atoms with van der Waals surface area (Å²) in [5, 5.41) is 4.96. The van der Waals surface area contributed by atoms with Crippen LogP contribution >= 0.6 is 15.9 Å². The van der Waals surface area contributed by atoms with Crippen LogP contribution in [0.2, 0.25) is 0 Å². The van der Waals surface area contributed by atoms with Crippen LogP contribution in [0.25, 0.3) is 0 Å². The van der Waals surface area contributed by atoms with Gasteiger partial charge in [0.15, 0.2) is 0 Å². The van der Waals surface area contributed by atoms with Gasteiger partial charge in [0, 0.05) is 15.7 Å². The highest BCUT2D eigenvalue weighted by atomic mass is 79.9. The molecule has 2 aromatic rings. The molecule has 0 aliphatic rings. The van der Waals surface area contributed by atoms with E-state index in [4.69, 9.17) is 0 Å². The Labute approximate surface area is 123 Å². The number of benzene rings is 2. The van der Waals surface area contributed by atoms with E-state index in [-0.39, 0.29) is 12.1 Å². The number of carbonyl (C=O) groups is 1. The fourth-order valence-electron chi connectivity index (χ4n) is 1.58. The molecule has 0 aliphatic carbocycles. The molecule has 0 saturated heterocycles. The van der Waals surface area contributed by atoms with Gasteiger partial charge in [0.05, 0.1) is 6.54 Å². The smallest absolute Gasteiger partial charge is 0.319 e. The van der Waals surface area contributed by atoms with E-state index in [0.717, 1.165) is 16.6 Å². The molecule has 0 radical (unpaired) electrons. The van der Waals surface area contributed by atoms with Crippen LogP contribution in [0.15, 0.2) is 46.9 Å². The Kier molecular flexibility index (Phi) is 4.68. The molecule has 0 heterocycles. The highest BCUT2D eigenvalue weighted by Gasteiger charge is 2.09. The summed E-state index contributed by atoms with van der Waals surface area (Å²) < 4.78 is 27.6. The number of carbonyl (C=O) groups excluding carboxylic acids is 1. The minimum Gasteiger partial charge on any atom is -0.334 e. The first-order valence-electron chi connectivity index (χ1n) is 5.79. The molecule has 104 valence electrons. The Balaban J connectivity index is 1.94. The molecule has 20 heavy (non-hydrogen) atoms. The first-order valence-corrected chi connectivity index (χ1v) is 6.59. The predicted molar refractivity (Wildman–Crippen MR) is 76.4 cm³/mol. The maximum absolute atomic E-state index is 13.4. The number of nitrogens with one attached hydrogen (secondary N) is 2. The average molecular weight is 341 g/mol. The zero-order valence-corrected chi connectivity index (χ0v) is 11.9. The van der Waals surface area contributed by atoms with E-state index in [1.807, 2.05) is 0 Å². The largest absolute Gasteiger partial charge is 0.334 e. The Hall–Kier alpha value is -1.95. The van der Waals surface area contributed by atoms with Gasteiger partial charge in [0.25, 0.3) is 0 Å². The quantitative estimate of drug-likeness (QED) is 0.869. The summed E-state index contributed by atoms with van der Waals surface area (Å²) in [5.74, 6) is -1.37. The Morgan fingerprint density at radius 1 is 1.05 bits per heavy atom. The summed E-state index contributed by atoms with van der Waals surface area (Å²) in [6, 6.07) is 9.98. The van der Waals surface area contributed by atoms with E-state index in [9.17, 15) is 13.6 Å². The lowest BCUT2D eigenvalue weighted by Crippen LogP contribution is -2.28. The van der Waals surface area contributed by atoms with Crippen LogP contribution in [0.4, 0.5) is 19.3 Å². The van der Waals surface area contributed by atoms with Gasteiger partial charge in [-0.05, 0) is 36.4 Å². The summed E-state index contributed by atoms with van der Waals surface area (Å²) in [6.07, 6.45) is 0. The number of urea groups is 1. The lowest BCUT2D eigenvalue weighted by Gasteiger charge is -2.09. The van der Waals surface area contributed by atoms with Crippen LogP contribution in [-0.2, 0) is 6.54 Å². The van der Waals surface area contributed by atoms with Crippen molar-refractivity contribution in [1.29, 1.82) is 0 Å². The molecule has 0 atom stereocenters. The second kappa shape index (κ2) is 6.47. The molecule has 2 aromatic carbocycles. The van der Waals surface area contributed by atoms with E-state index in [1.54, 1.807) is 24.3 Å². The highest BCUT2D eigenvalue weighted by molar-refractivity contribution is 9.10. The summed E-state index contributed by atoms with van der Waals surface area (Å²) in [6.45, 7) is -0.221. The number of amides is 2. The zero-order chi connectivity index (χ0) is 14.5. The third-order valence-electron chi connectivity index (χ3n) is 2.59. The fourth-order valence-corrected chi connectivity index (χ4v) is 1.84. The lowest BCUT2D eigenvalue weighted by molar-refractivity contribution is 0.251. The molecule has 0 aliphatic heterocycles. The van der Waals surface area contributed by atoms with Gasteiger partial charge in [-0.3, -0.25) is 0 Å². The number of rotatable bonds is 3. The van der Waals surface area contributed by atoms with Gasteiger partial charge in [-0.25, -0.2) is 13.6 Å². The molecule has 0 spiro atoms. The van der Waals surface area contributed by atoms with E-state index >= 15 is 0 Å². The molecule has 6 heteroatoms. The monoisotopic (exact) mass is 340 g/mol. The molecular formula is C14H11BrF2N2O. The number of hydrogen-bond acceptors (Lipinski definition) is 1. The van der Waals surface area contributed by atoms with Gasteiger partial charge < -0.3 is 10.6 Å². The summed E-state index contributed by atoms with van der Waals surface area (Å²) >= 11 is 3.28. The third-order valence-corrected chi connectivity index (χ3v) is 3.12.